The van der Waals surface area contributed by atoms with E-state index in [0.717, 1.165) is 38.8 Å². The Balaban J connectivity index is 0.00000261. The first-order valence-electron chi connectivity index (χ1n) is 9.64. The maximum atomic E-state index is 12.8. The van der Waals surface area contributed by atoms with E-state index >= 15 is 0 Å². The molecule has 1 saturated heterocycles. The van der Waals surface area contributed by atoms with E-state index in [1.165, 1.54) is 19.3 Å². The fourth-order valence-electron chi connectivity index (χ4n) is 3.92. The lowest BCUT2D eigenvalue weighted by atomic mass is 9.94. The molecule has 2 N–H and O–H groups in total. The summed E-state index contributed by atoms with van der Waals surface area (Å²) < 4.78 is 0. The number of anilines is 1. The van der Waals surface area contributed by atoms with Gasteiger partial charge in [0.1, 0.15) is 0 Å². The van der Waals surface area contributed by atoms with Crippen LogP contribution in [0.5, 0.6) is 0 Å². The van der Waals surface area contributed by atoms with Gasteiger partial charge in [-0.2, -0.15) is 0 Å². The molecule has 0 spiro atoms. The second-order valence-electron chi connectivity index (χ2n) is 7.42. The van der Waals surface area contributed by atoms with Crippen LogP contribution in [-0.4, -0.2) is 42.9 Å². The zero-order valence-corrected chi connectivity index (χ0v) is 17.4. The van der Waals surface area contributed by atoms with Crippen LogP contribution in [-0.2, 0) is 4.79 Å². The molecule has 2 amide bonds. The summed E-state index contributed by atoms with van der Waals surface area (Å²) in [5.74, 6) is 0.0212. The number of nitrogens with zero attached hydrogens (tertiary/aromatic N) is 1. The van der Waals surface area contributed by atoms with Gasteiger partial charge in [-0.1, -0.05) is 30.9 Å². The van der Waals surface area contributed by atoms with Gasteiger partial charge in [-0.3, -0.25) is 9.59 Å². The summed E-state index contributed by atoms with van der Waals surface area (Å²) in [5, 5.41) is 6.58. The molecular formula is C20H29Cl2N3O2. The molecule has 1 aromatic rings. The normalized spacial score (nSPS) is 18.4. The lowest BCUT2D eigenvalue weighted by Crippen LogP contribution is -2.38. The third-order valence-corrected chi connectivity index (χ3v) is 5.93. The molecule has 0 bridgehead atoms. The number of hydrogen-bond donors (Lipinski definition) is 2. The van der Waals surface area contributed by atoms with Gasteiger partial charge >= 0.3 is 0 Å². The first-order chi connectivity index (χ1) is 12.6. The van der Waals surface area contributed by atoms with Crippen molar-refractivity contribution >= 4 is 41.5 Å². The third kappa shape index (κ3) is 5.59. The van der Waals surface area contributed by atoms with Crippen LogP contribution in [0.4, 0.5) is 5.69 Å². The highest BCUT2D eigenvalue weighted by Gasteiger charge is 2.25. The number of nitrogens with one attached hydrogen (secondary N) is 2. The Hall–Kier alpha value is -1.30. The van der Waals surface area contributed by atoms with Crippen LogP contribution in [0.15, 0.2) is 18.2 Å². The van der Waals surface area contributed by atoms with Crippen molar-refractivity contribution in [2.45, 2.75) is 51.0 Å². The number of benzene rings is 1. The van der Waals surface area contributed by atoms with Gasteiger partial charge < -0.3 is 15.5 Å². The molecule has 1 aromatic carbocycles. The van der Waals surface area contributed by atoms with Crippen LogP contribution in [0.3, 0.4) is 0 Å². The minimum Gasteiger partial charge on any atom is -0.339 e. The van der Waals surface area contributed by atoms with E-state index in [4.69, 9.17) is 11.6 Å². The Labute approximate surface area is 172 Å². The molecule has 0 aromatic heterocycles. The molecule has 5 nitrogen and oxygen atoms in total. The minimum absolute atomic E-state index is 0. The van der Waals surface area contributed by atoms with Gasteiger partial charge in [-0.05, 0) is 57.0 Å². The zero-order chi connectivity index (χ0) is 18.5. The second-order valence-corrected chi connectivity index (χ2v) is 7.82. The van der Waals surface area contributed by atoms with Gasteiger partial charge in [0.25, 0.3) is 5.91 Å². The molecule has 2 fully saturated rings. The summed E-state index contributed by atoms with van der Waals surface area (Å²) in [7, 11) is 1.86. The van der Waals surface area contributed by atoms with Crippen LogP contribution in [0, 0.1) is 5.92 Å². The fraction of sp³-hybridized carbons (Fsp3) is 0.600. The molecule has 0 unspecified atom stereocenters. The first kappa shape index (κ1) is 22.0. The molecule has 1 saturated carbocycles. The third-order valence-electron chi connectivity index (χ3n) is 5.62. The van der Waals surface area contributed by atoms with E-state index in [2.05, 4.69) is 10.6 Å². The molecule has 1 aliphatic heterocycles. The van der Waals surface area contributed by atoms with Gasteiger partial charge in [0.05, 0.1) is 10.6 Å². The van der Waals surface area contributed by atoms with Crippen LogP contribution >= 0.6 is 24.0 Å². The minimum atomic E-state index is -0.0434. The number of carbonyl (C=O) groups excluding carboxylic acids is 2. The van der Waals surface area contributed by atoms with E-state index in [9.17, 15) is 9.59 Å². The summed E-state index contributed by atoms with van der Waals surface area (Å²) in [6, 6.07) is 5.48. The van der Waals surface area contributed by atoms with Crippen LogP contribution in [0.25, 0.3) is 0 Å². The smallest absolute Gasteiger partial charge is 0.255 e. The van der Waals surface area contributed by atoms with Crippen LogP contribution in [0.2, 0.25) is 5.02 Å². The quantitative estimate of drug-likeness (QED) is 0.780. The molecular weight excluding hydrogens is 385 g/mol. The van der Waals surface area contributed by atoms with Crippen molar-refractivity contribution in [2.75, 3.05) is 25.5 Å². The predicted molar refractivity (Wildman–Crippen MR) is 112 cm³/mol. The highest BCUT2D eigenvalue weighted by Crippen LogP contribution is 2.27. The van der Waals surface area contributed by atoms with Crippen molar-refractivity contribution < 1.29 is 9.59 Å². The van der Waals surface area contributed by atoms with Gasteiger partial charge in [0.15, 0.2) is 0 Å². The van der Waals surface area contributed by atoms with Gasteiger partial charge in [-0.25, -0.2) is 0 Å². The molecule has 1 aliphatic carbocycles. The summed E-state index contributed by atoms with van der Waals surface area (Å²) in [5.41, 5.74) is 1.15. The number of piperidine rings is 1. The van der Waals surface area contributed by atoms with E-state index < -0.39 is 0 Å². The Morgan fingerprint density at radius 3 is 2.41 bits per heavy atom. The average Bonchev–Trinajstić information content (AvgIpc) is 2.68. The monoisotopic (exact) mass is 413 g/mol. The molecule has 150 valence electrons. The average molecular weight is 414 g/mol. The van der Waals surface area contributed by atoms with Crippen LogP contribution < -0.4 is 10.6 Å². The highest BCUT2D eigenvalue weighted by atomic mass is 35.5. The lowest BCUT2D eigenvalue weighted by Gasteiger charge is -2.31. The summed E-state index contributed by atoms with van der Waals surface area (Å²) in [6.45, 7) is 1.75. The summed E-state index contributed by atoms with van der Waals surface area (Å²) >= 11 is 6.37. The van der Waals surface area contributed by atoms with Crippen LogP contribution in [0.1, 0.15) is 55.3 Å². The number of hydrogen-bond acceptors (Lipinski definition) is 3. The highest BCUT2D eigenvalue weighted by molar-refractivity contribution is 6.34. The zero-order valence-electron chi connectivity index (χ0n) is 15.8. The van der Waals surface area contributed by atoms with E-state index in [1.807, 2.05) is 11.9 Å². The number of halogens is 2. The number of carbonyl (C=O) groups is 2. The van der Waals surface area contributed by atoms with Crippen molar-refractivity contribution in [2.24, 2.45) is 5.92 Å². The SMILES string of the molecule is CN(C(=O)c1ccc(NC(=O)C2CCNCC2)cc1Cl)C1CCCCC1.Cl. The van der Waals surface area contributed by atoms with Crippen molar-refractivity contribution in [1.82, 2.24) is 10.2 Å². The Morgan fingerprint density at radius 1 is 1.11 bits per heavy atom. The first-order valence-corrected chi connectivity index (χ1v) is 10.0. The standard InChI is InChI=1S/C20H28ClN3O2.ClH/c1-24(16-5-3-2-4-6-16)20(26)17-8-7-15(13-18(17)21)23-19(25)14-9-11-22-12-10-14;/h7-8,13-14,16,22H,2-6,9-12H2,1H3,(H,23,25);1H. The molecule has 0 radical (unpaired) electrons. The van der Waals surface area contributed by atoms with Crippen molar-refractivity contribution in [1.29, 1.82) is 0 Å². The second kappa shape index (κ2) is 10.3. The van der Waals surface area contributed by atoms with Gasteiger partial charge in [-0.15, -0.1) is 12.4 Å². The molecule has 3 rings (SSSR count). The van der Waals surface area contributed by atoms with Crippen molar-refractivity contribution in [3.8, 4) is 0 Å². The van der Waals surface area contributed by atoms with Gasteiger partial charge in [0.2, 0.25) is 5.91 Å². The predicted octanol–water partition coefficient (Wildman–Crippen LogP) is 4.10. The van der Waals surface area contributed by atoms with E-state index in [1.54, 1.807) is 18.2 Å². The fourth-order valence-corrected chi connectivity index (χ4v) is 4.18. The molecule has 1 heterocycles. The lowest BCUT2D eigenvalue weighted by molar-refractivity contribution is -0.120. The Kier molecular flexibility index (Phi) is 8.39. The van der Waals surface area contributed by atoms with Gasteiger partial charge in [0, 0.05) is 24.7 Å². The maximum Gasteiger partial charge on any atom is 0.255 e. The largest absolute Gasteiger partial charge is 0.339 e. The summed E-state index contributed by atoms with van der Waals surface area (Å²) in [6.07, 6.45) is 7.43. The van der Waals surface area contributed by atoms with Crippen molar-refractivity contribution in [3.63, 3.8) is 0 Å². The maximum absolute atomic E-state index is 12.8. The van der Waals surface area contributed by atoms with E-state index in [-0.39, 0.29) is 30.1 Å². The number of amides is 2. The Morgan fingerprint density at radius 2 is 1.78 bits per heavy atom. The molecule has 0 atom stereocenters. The Bertz CT molecular complexity index is 657. The van der Waals surface area contributed by atoms with E-state index in [0.29, 0.717) is 22.3 Å². The topological polar surface area (TPSA) is 61.4 Å². The number of rotatable bonds is 4. The molecule has 27 heavy (non-hydrogen) atoms. The molecule has 2 aliphatic rings. The van der Waals surface area contributed by atoms with Crippen molar-refractivity contribution in [3.05, 3.63) is 28.8 Å². The molecule has 7 heteroatoms. The summed E-state index contributed by atoms with van der Waals surface area (Å²) in [4.78, 5) is 27.0.